The Balaban J connectivity index is 1.37. The normalized spacial score (nSPS) is 17.7. The summed E-state index contributed by atoms with van der Waals surface area (Å²) in [6, 6.07) is 9.87. The van der Waals surface area contributed by atoms with Gasteiger partial charge in [-0.15, -0.1) is 5.10 Å². The zero-order valence-corrected chi connectivity index (χ0v) is 13.2. The minimum atomic E-state index is 0.254. The molecule has 7 heteroatoms. The Kier molecular flexibility index (Phi) is 5.66. The molecule has 22 heavy (non-hydrogen) atoms. The van der Waals surface area contributed by atoms with E-state index in [-0.39, 0.29) is 6.10 Å². The first-order valence-electron chi connectivity index (χ1n) is 7.60. The third kappa shape index (κ3) is 4.45. The molecule has 0 N–H and O–H groups in total. The minimum absolute atomic E-state index is 0.254. The molecule has 0 saturated carbocycles. The molecule has 1 atom stereocenters. The van der Waals surface area contributed by atoms with Crippen LogP contribution < -0.4 is 4.74 Å². The van der Waals surface area contributed by atoms with Crippen molar-refractivity contribution in [2.75, 3.05) is 19.0 Å². The lowest BCUT2D eigenvalue weighted by molar-refractivity contribution is 0.0912. The lowest BCUT2D eigenvalue weighted by atomic mass is 10.2. The minimum Gasteiger partial charge on any atom is -0.494 e. The average Bonchev–Trinajstić information content (AvgIpc) is 3.21. The van der Waals surface area contributed by atoms with Crippen LogP contribution in [0.3, 0.4) is 0 Å². The molecular weight excluding hydrogens is 300 g/mol. The van der Waals surface area contributed by atoms with E-state index in [4.69, 9.17) is 9.47 Å². The summed E-state index contributed by atoms with van der Waals surface area (Å²) in [5, 5.41) is 12.8. The number of nitrogens with zero attached hydrogens (tertiary/aromatic N) is 4. The Morgan fingerprint density at radius 3 is 3.05 bits per heavy atom. The fourth-order valence-corrected chi connectivity index (χ4v) is 3.12. The molecule has 3 rings (SSSR count). The summed E-state index contributed by atoms with van der Waals surface area (Å²) in [6.45, 7) is 2.30. The van der Waals surface area contributed by atoms with Crippen molar-refractivity contribution in [3.8, 4) is 5.75 Å². The molecular formula is C15H20N4O2S. The molecule has 2 heterocycles. The monoisotopic (exact) mass is 320 g/mol. The number of tetrazole rings is 1. The molecule has 0 spiro atoms. The van der Waals surface area contributed by atoms with Crippen LogP contribution in [0.5, 0.6) is 5.75 Å². The molecule has 1 fully saturated rings. The van der Waals surface area contributed by atoms with Crippen LogP contribution in [0.1, 0.15) is 19.3 Å². The van der Waals surface area contributed by atoms with Crippen LogP contribution in [0, 0.1) is 0 Å². The van der Waals surface area contributed by atoms with E-state index in [1.165, 1.54) is 0 Å². The Morgan fingerprint density at radius 1 is 1.32 bits per heavy atom. The van der Waals surface area contributed by atoms with Gasteiger partial charge in [-0.3, -0.25) is 0 Å². The van der Waals surface area contributed by atoms with Gasteiger partial charge in [0.15, 0.2) is 0 Å². The first-order chi connectivity index (χ1) is 10.9. The molecule has 1 aromatic carbocycles. The van der Waals surface area contributed by atoms with Crippen LogP contribution in [0.25, 0.3) is 0 Å². The Labute approximate surface area is 134 Å². The number of thioether (sulfide) groups is 1. The molecule has 1 aromatic heterocycles. The maximum absolute atomic E-state index is 5.67. The first kappa shape index (κ1) is 15.3. The van der Waals surface area contributed by atoms with E-state index < -0.39 is 0 Å². The van der Waals surface area contributed by atoms with Crippen LogP contribution >= 0.6 is 11.8 Å². The van der Waals surface area contributed by atoms with E-state index in [1.54, 1.807) is 11.8 Å². The summed E-state index contributed by atoms with van der Waals surface area (Å²) in [7, 11) is 0. The molecule has 118 valence electrons. The van der Waals surface area contributed by atoms with Crippen molar-refractivity contribution in [2.24, 2.45) is 0 Å². The highest BCUT2D eigenvalue weighted by Crippen LogP contribution is 2.19. The van der Waals surface area contributed by atoms with Crippen LogP contribution in [-0.2, 0) is 11.3 Å². The molecule has 6 nitrogen and oxygen atoms in total. The summed E-state index contributed by atoms with van der Waals surface area (Å²) >= 11 is 1.66. The van der Waals surface area contributed by atoms with Crippen molar-refractivity contribution < 1.29 is 9.47 Å². The number of aromatic nitrogens is 4. The second-order valence-corrected chi connectivity index (χ2v) is 6.20. The highest BCUT2D eigenvalue weighted by Gasteiger charge is 2.18. The van der Waals surface area contributed by atoms with Gasteiger partial charge in [0.2, 0.25) is 5.16 Å². The summed E-state index contributed by atoms with van der Waals surface area (Å²) in [5.74, 6) is 1.84. The van der Waals surface area contributed by atoms with Crippen molar-refractivity contribution in [3.63, 3.8) is 0 Å². The molecule has 1 unspecified atom stereocenters. The third-order valence-electron chi connectivity index (χ3n) is 3.43. The summed E-state index contributed by atoms with van der Waals surface area (Å²) < 4.78 is 13.1. The van der Waals surface area contributed by atoms with Gasteiger partial charge in [-0.2, -0.15) is 0 Å². The first-order valence-corrected chi connectivity index (χ1v) is 8.59. The Morgan fingerprint density at radius 2 is 2.23 bits per heavy atom. The van der Waals surface area contributed by atoms with Crippen LogP contribution in [-0.4, -0.2) is 45.3 Å². The SMILES string of the molecule is c1ccc(OCCCSc2nnnn2CC2CCCO2)cc1. The number of hydrogen-bond acceptors (Lipinski definition) is 6. The number of para-hydroxylation sites is 1. The molecule has 2 aromatic rings. The van der Waals surface area contributed by atoms with Crippen LogP contribution in [0.15, 0.2) is 35.5 Å². The van der Waals surface area contributed by atoms with E-state index in [0.29, 0.717) is 6.61 Å². The maximum Gasteiger partial charge on any atom is 0.209 e. The van der Waals surface area contributed by atoms with Gasteiger partial charge in [-0.05, 0) is 41.8 Å². The predicted molar refractivity (Wildman–Crippen MR) is 84.1 cm³/mol. The largest absolute Gasteiger partial charge is 0.494 e. The highest BCUT2D eigenvalue weighted by atomic mass is 32.2. The molecule has 0 amide bonds. The third-order valence-corrected chi connectivity index (χ3v) is 4.47. The zero-order chi connectivity index (χ0) is 15.0. The van der Waals surface area contributed by atoms with Gasteiger partial charge in [0.1, 0.15) is 5.75 Å². The fourth-order valence-electron chi connectivity index (χ4n) is 2.32. The Bertz CT molecular complexity index is 558. The number of rotatable bonds is 8. The quantitative estimate of drug-likeness (QED) is 0.550. The lowest BCUT2D eigenvalue weighted by Crippen LogP contribution is -2.17. The second kappa shape index (κ2) is 8.14. The van der Waals surface area contributed by atoms with Crippen LogP contribution in [0.4, 0.5) is 0 Å². The van der Waals surface area contributed by atoms with Crippen molar-refractivity contribution >= 4 is 11.8 Å². The van der Waals surface area contributed by atoms with Crippen molar-refractivity contribution in [1.82, 2.24) is 20.2 Å². The summed E-state index contributed by atoms with van der Waals surface area (Å²) in [5.41, 5.74) is 0. The molecule has 1 aliphatic heterocycles. The highest BCUT2D eigenvalue weighted by molar-refractivity contribution is 7.99. The van der Waals surface area contributed by atoms with E-state index in [2.05, 4.69) is 15.5 Å². The number of benzene rings is 1. The van der Waals surface area contributed by atoms with Gasteiger partial charge in [0, 0.05) is 12.4 Å². The van der Waals surface area contributed by atoms with Gasteiger partial charge in [0.05, 0.1) is 19.3 Å². The standard InChI is InChI=1S/C15H20N4O2S/c1-2-6-13(7-3-1)20-10-5-11-22-15-16-17-18-19(15)12-14-8-4-9-21-14/h1-3,6-7,14H,4-5,8-12H2. The topological polar surface area (TPSA) is 62.1 Å². The van der Waals surface area contributed by atoms with Gasteiger partial charge >= 0.3 is 0 Å². The zero-order valence-electron chi connectivity index (χ0n) is 12.4. The molecule has 0 radical (unpaired) electrons. The summed E-state index contributed by atoms with van der Waals surface area (Å²) in [6.07, 6.45) is 3.43. The Hall–Kier alpha value is -1.60. The van der Waals surface area contributed by atoms with E-state index >= 15 is 0 Å². The number of hydrogen-bond donors (Lipinski definition) is 0. The summed E-state index contributed by atoms with van der Waals surface area (Å²) in [4.78, 5) is 0. The van der Waals surface area contributed by atoms with Gasteiger partial charge in [-0.25, -0.2) is 4.68 Å². The van der Waals surface area contributed by atoms with Crippen LogP contribution in [0.2, 0.25) is 0 Å². The molecule has 1 aliphatic rings. The smallest absolute Gasteiger partial charge is 0.209 e. The molecule has 0 aliphatic carbocycles. The predicted octanol–water partition coefficient (Wildman–Crippen LogP) is 2.41. The van der Waals surface area contributed by atoms with Gasteiger partial charge in [0.25, 0.3) is 0 Å². The van der Waals surface area contributed by atoms with Crippen molar-refractivity contribution in [3.05, 3.63) is 30.3 Å². The second-order valence-electron chi connectivity index (χ2n) is 5.14. The molecule has 0 bridgehead atoms. The van der Waals surface area contributed by atoms with Crippen molar-refractivity contribution in [2.45, 2.75) is 37.1 Å². The fraction of sp³-hybridized carbons (Fsp3) is 0.533. The van der Waals surface area contributed by atoms with Gasteiger partial charge < -0.3 is 9.47 Å². The number of ether oxygens (including phenoxy) is 2. The van der Waals surface area contributed by atoms with E-state index in [0.717, 1.165) is 49.1 Å². The van der Waals surface area contributed by atoms with Crippen molar-refractivity contribution in [1.29, 1.82) is 0 Å². The molecule has 1 saturated heterocycles. The lowest BCUT2D eigenvalue weighted by Gasteiger charge is -2.10. The van der Waals surface area contributed by atoms with Gasteiger partial charge in [-0.1, -0.05) is 30.0 Å². The average molecular weight is 320 g/mol. The maximum atomic E-state index is 5.67. The van der Waals surface area contributed by atoms with E-state index in [9.17, 15) is 0 Å². The van der Waals surface area contributed by atoms with E-state index in [1.807, 2.05) is 35.0 Å².